The van der Waals surface area contributed by atoms with E-state index in [0.29, 0.717) is 25.3 Å². The van der Waals surface area contributed by atoms with Gasteiger partial charge in [0, 0.05) is 23.6 Å². The number of unbranched alkanes of at least 4 members (excludes halogenated alkanes) is 1. The number of rotatable bonds is 7. The van der Waals surface area contributed by atoms with Gasteiger partial charge in [-0.2, -0.15) is 8.78 Å². The number of ether oxygens (including phenoxy) is 3. The molecular formula is C21H20F6O4. The van der Waals surface area contributed by atoms with Crippen molar-refractivity contribution in [3.63, 3.8) is 0 Å². The van der Waals surface area contributed by atoms with Crippen molar-refractivity contribution in [2.24, 2.45) is 5.92 Å². The minimum Gasteiger partial charge on any atom is -0.503 e. The van der Waals surface area contributed by atoms with Crippen LogP contribution in [0.25, 0.3) is 0 Å². The fourth-order valence-corrected chi connectivity index (χ4v) is 3.20. The number of aromatic hydroxyl groups is 1. The third-order valence-corrected chi connectivity index (χ3v) is 4.80. The fraction of sp³-hybridized carbons (Fsp3) is 0.429. The normalized spacial score (nSPS) is 19.5. The zero-order valence-electron chi connectivity index (χ0n) is 16.4. The molecule has 2 aromatic carbocycles. The van der Waals surface area contributed by atoms with E-state index in [0.717, 1.165) is 19.3 Å². The average Bonchev–Trinajstić information content (AvgIpc) is 2.69. The quantitative estimate of drug-likeness (QED) is 0.532. The van der Waals surface area contributed by atoms with Crippen molar-refractivity contribution < 1.29 is 45.7 Å². The van der Waals surface area contributed by atoms with Crippen LogP contribution in [0.4, 0.5) is 26.3 Å². The van der Waals surface area contributed by atoms with Gasteiger partial charge in [-0.15, -0.1) is 0 Å². The van der Waals surface area contributed by atoms with Crippen molar-refractivity contribution in [1.82, 2.24) is 0 Å². The molecule has 1 fully saturated rings. The highest BCUT2D eigenvalue weighted by Crippen LogP contribution is 2.38. The molecule has 3 rings (SSSR count). The number of benzene rings is 2. The average molecular weight is 450 g/mol. The van der Waals surface area contributed by atoms with Crippen LogP contribution in [-0.2, 0) is 15.6 Å². The first-order valence-corrected chi connectivity index (χ1v) is 9.59. The summed E-state index contributed by atoms with van der Waals surface area (Å²) in [5, 5.41) is 9.01. The van der Waals surface area contributed by atoms with Gasteiger partial charge in [0.15, 0.2) is 23.7 Å². The molecule has 0 aliphatic carbocycles. The molecule has 0 unspecified atom stereocenters. The van der Waals surface area contributed by atoms with E-state index in [9.17, 15) is 26.3 Å². The summed E-state index contributed by atoms with van der Waals surface area (Å²) in [6.07, 6.45) is -2.89. The van der Waals surface area contributed by atoms with Gasteiger partial charge >= 0.3 is 6.11 Å². The zero-order chi connectivity index (χ0) is 22.8. The van der Waals surface area contributed by atoms with Gasteiger partial charge in [0.25, 0.3) is 0 Å². The molecule has 0 bridgehead atoms. The second-order valence-corrected chi connectivity index (χ2v) is 7.22. The molecule has 0 amide bonds. The molecule has 1 saturated heterocycles. The lowest BCUT2D eigenvalue weighted by molar-refractivity contribution is -0.206. The van der Waals surface area contributed by atoms with E-state index >= 15 is 0 Å². The van der Waals surface area contributed by atoms with E-state index in [1.54, 1.807) is 0 Å². The number of alkyl halides is 2. The van der Waals surface area contributed by atoms with E-state index in [1.807, 2.05) is 6.92 Å². The van der Waals surface area contributed by atoms with Crippen molar-refractivity contribution in [2.75, 3.05) is 13.2 Å². The molecule has 0 atom stereocenters. The molecule has 1 heterocycles. The predicted octanol–water partition coefficient (Wildman–Crippen LogP) is 5.93. The van der Waals surface area contributed by atoms with Crippen LogP contribution in [0.2, 0.25) is 0 Å². The third-order valence-electron chi connectivity index (χ3n) is 4.80. The standard InChI is InChI=1S/C21H20F6O4/c1-2-3-4-11-9-29-20(30-10-11)12-5-14(22)18(15(23)6-12)21(26,27)31-13-7-16(24)19(28)17(25)8-13/h5-8,11,20,28H,2-4,9-10H2,1H3. The van der Waals surface area contributed by atoms with Crippen LogP contribution in [0, 0.1) is 29.2 Å². The summed E-state index contributed by atoms with van der Waals surface area (Å²) < 4.78 is 99.4. The molecule has 0 spiro atoms. The Morgan fingerprint density at radius 2 is 1.52 bits per heavy atom. The van der Waals surface area contributed by atoms with Crippen molar-refractivity contribution in [1.29, 1.82) is 0 Å². The van der Waals surface area contributed by atoms with Gasteiger partial charge in [-0.05, 0) is 18.6 Å². The minimum atomic E-state index is -4.61. The third kappa shape index (κ3) is 5.24. The van der Waals surface area contributed by atoms with Gasteiger partial charge in [0.05, 0.1) is 13.2 Å². The van der Waals surface area contributed by atoms with E-state index in [4.69, 9.17) is 14.6 Å². The first kappa shape index (κ1) is 23.2. The highest BCUT2D eigenvalue weighted by molar-refractivity contribution is 5.35. The molecule has 1 aliphatic rings. The molecule has 170 valence electrons. The van der Waals surface area contributed by atoms with Crippen LogP contribution >= 0.6 is 0 Å². The molecule has 31 heavy (non-hydrogen) atoms. The first-order valence-electron chi connectivity index (χ1n) is 9.59. The smallest absolute Gasteiger partial charge is 0.432 e. The number of phenolic OH excluding ortho intramolecular Hbond substituents is 1. The number of hydrogen-bond donors (Lipinski definition) is 1. The topological polar surface area (TPSA) is 47.9 Å². The maximum absolute atomic E-state index is 14.4. The Bertz CT molecular complexity index is 882. The lowest BCUT2D eigenvalue weighted by Gasteiger charge is -2.30. The minimum absolute atomic E-state index is 0.133. The lowest BCUT2D eigenvalue weighted by atomic mass is 10.0. The SMILES string of the molecule is CCCCC1COC(c2cc(F)c(C(F)(F)Oc3cc(F)c(O)c(F)c3)c(F)c2)OC1. The van der Waals surface area contributed by atoms with Gasteiger partial charge < -0.3 is 19.3 Å². The van der Waals surface area contributed by atoms with Crippen LogP contribution in [0.3, 0.4) is 0 Å². The van der Waals surface area contributed by atoms with Crippen molar-refractivity contribution in [3.8, 4) is 11.5 Å². The molecule has 2 aromatic rings. The zero-order valence-corrected chi connectivity index (χ0v) is 16.4. The predicted molar refractivity (Wildman–Crippen MR) is 96.6 cm³/mol. The second-order valence-electron chi connectivity index (χ2n) is 7.22. The molecular weight excluding hydrogens is 430 g/mol. The summed E-state index contributed by atoms with van der Waals surface area (Å²) in [6.45, 7) is 2.63. The molecule has 1 aliphatic heterocycles. The van der Waals surface area contributed by atoms with E-state index in [2.05, 4.69) is 4.74 Å². The second kappa shape index (κ2) is 9.35. The van der Waals surface area contributed by atoms with Gasteiger partial charge in [-0.25, -0.2) is 17.6 Å². The van der Waals surface area contributed by atoms with Crippen LogP contribution in [-0.4, -0.2) is 18.3 Å². The van der Waals surface area contributed by atoms with Crippen molar-refractivity contribution >= 4 is 0 Å². The van der Waals surface area contributed by atoms with E-state index < -0.39 is 52.7 Å². The van der Waals surface area contributed by atoms with Crippen LogP contribution < -0.4 is 4.74 Å². The monoisotopic (exact) mass is 450 g/mol. The highest BCUT2D eigenvalue weighted by Gasteiger charge is 2.42. The van der Waals surface area contributed by atoms with Crippen LogP contribution in [0.15, 0.2) is 24.3 Å². The number of hydrogen-bond acceptors (Lipinski definition) is 4. The summed E-state index contributed by atoms with van der Waals surface area (Å²) in [5.74, 6) is -8.80. The Morgan fingerprint density at radius 3 is 2.03 bits per heavy atom. The Hall–Kier alpha value is -2.46. The number of halogens is 6. The Morgan fingerprint density at radius 1 is 0.968 bits per heavy atom. The summed E-state index contributed by atoms with van der Waals surface area (Å²) in [6, 6.07) is 1.78. The van der Waals surface area contributed by atoms with Crippen molar-refractivity contribution in [2.45, 2.75) is 38.6 Å². The van der Waals surface area contributed by atoms with Gasteiger partial charge in [0.1, 0.15) is 22.9 Å². The Kier molecular flexibility index (Phi) is 7.00. The lowest BCUT2D eigenvalue weighted by Crippen LogP contribution is -2.28. The molecule has 0 saturated carbocycles. The summed E-state index contributed by atoms with van der Waals surface area (Å²) in [4.78, 5) is 0. The first-order chi connectivity index (χ1) is 14.6. The Balaban J connectivity index is 1.78. The number of phenols is 1. The maximum Gasteiger partial charge on any atom is 0.432 e. The van der Waals surface area contributed by atoms with Crippen LogP contribution in [0.5, 0.6) is 11.5 Å². The van der Waals surface area contributed by atoms with Crippen molar-refractivity contribution in [3.05, 3.63) is 58.7 Å². The molecule has 10 heteroatoms. The Labute approximate surface area is 174 Å². The van der Waals surface area contributed by atoms with E-state index in [-0.39, 0.29) is 23.6 Å². The van der Waals surface area contributed by atoms with E-state index in [1.165, 1.54) is 0 Å². The summed E-state index contributed by atoms with van der Waals surface area (Å²) in [7, 11) is 0. The summed E-state index contributed by atoms with van der Waals surface area (Å²) >= 11 is 0. The van der Waals surface area contributed by atoms with Gasteiger partial charge in [-0.1, -0.05) is 19.8 Å². The largest absolute Gasteiger partial charge is 0.503 e. The summed E-state index contributed by atoms with van der Waals surface area (Å²) in [5.41, 5.74) is -1.88. The maximum atomic E-state index is 14.4. The molecule has 4 nitrogen and oxygen atoms in total. The molecule has 0 radical (unpaired) electrons. The van der Waals surface area contributed by atoms with Crippen LogP contribution in [0.1, 0.15) is 43.6 Å². The molecule has 1 N–H and O–H groups in total. The molecule has 0 aromatic heterocycles. The fourth-order valence-electron chi connectivity index (χ4n) is 3.20. The van der Waals surface area contributed by atoms with Gasteiger partial charge in [-0.3, -0.25) is 0 Å². The highest BCUT2D eigenvalue weighted by atomic mass is 19.3. The van der Waals surface area contributed by atoms with Gasteiger partial charge in [0.2, 0.25) is 0 Å².